The van der Waals surface area contributed by atoms with Crippen LogP contribution < -0.4 is 10.2 Å². The highest BCUT2D eigenvalue weighted by atomic mass is 16.3. The number of carbonyl (C=O) groups excluding carboxylic acids is 1. The summed E-state index contributed by atoms with van der Waals surface area (Å²) >= 11 is 0. The molecule has 2 rings (SSSR count). The van der Waals surface area contributed by atoms with Crippen LogP contribution in [0.25, 0.3) is 0 Å². The first-order valence-corrected chi connectivity index (χ1v) is 6.78. The van der Waals surface area contributed by atoms with E-state index in [0.29, 0.717) is 12.8 Å². The van der Waals surface area contributed by atoms with Crippen molar-refractivity contribution in [1.82, 2.24) is 5.32 Å². The summed E-state index contributed by atoms with van der Waals surface area (Å²) in [4.78, 5) is 13.7. The predicted molar refractivity (Wildman–Crippen MR) is 76.1 cm³/mol. The summed E-state index contributed by atoms with van der Waals surface area (Å²) in [6.07, 6.45) is 0.820. The number of nitrogens with one attached hydrogen (secondary N) is 1. The molecular formula is C15H22N2O2. The van der Waals surface area contributed by atoms with Gasteiger partial charge in [-0.1, -0.05) is 18.2 Å². The van der Waals surface area contributed by atoms with Crippen molar-refractivity contribution in [2.45, 2.75) is 44.9 Å². The molecule has 0 aromatic heterocycles. The van der Waals surface area contributed by atoms with Gasteiger partial charge in [0.25, 0.3) is 0 Å². The number of nitrogens with zero attached hydrogens (tertiary/aromatic N) is 1. The number of fused-ring (bicyclic) bond motifs is 1. The van der Waals surface area contributed by atoms with Gasteiger partial charge in [-0.25, -0.2) is 0 Å². The molecule has 0 bridgehead atoms. The molecule has 19 heavy (non-hydrogen) atoms. The lowest BCUT2D eigenvalue weighted by Gasteiger charge is -2.33. The first-order chi connectivity index (χ1) is 8.99. The molecule has 4 nitrogen and oxygen atoms in total. The van der Waals surface area contributed by atoms with Gasteiger partial charge in [0.1, 0.15) is 0 Å². The number of aliphatic hydroxyl groups excluding tert-OH is 1. The van der Waals surface area contributed by atoms with E-state index in [2.05, 4.69) is 11.4 Å². The SMILES string of the molecule is CC(O)CC(C)NC1CC(=O)N(C)c2ccccc21. The van der Waals surface area contributed by atoms with E-state index in [1.807, 2.05) is 32.2 Å². The zero-order valence-electron chi connectivity index (χ0n) is 11.8. The second kappa shape index (κ2) is 5.72. The summed E-state index contributed by atoms with van der Waals surface area (Å²) in [7, 11) is 1.82. The Kier molecular flexibility index (Phi) is 4.22. The van der Waals surface area contributed by atoms with Crippen molar-refractivity contribution in [1.29, 1.82) is 0 Å². The fourth-order valence-electron chi connectivity index (χ4n) is 2.72. The molecular weight excluding hydrogens is 240 g/mol. The van der Waals surface area contributed by atoms with Gasteiger partial charge >= 0.3 is 0 Å². The van der Waals surface area contributed by atoms with Crippen LogP contribution in [0.3, 0.4) is 0 Å². The minimum atomic E-state index is -0.334. The van der Waals surface area contributed by atoms with Gasteiger partial charge in [0, 0.05) is 31.2 Å². The topological polar surface area (TPSA) is 52.6 Å². The second-order valence-corrected chi connectivity index (χ2v) is 5.42. The standard InChI is InChI=1S/C15H22N2O2/c1-10(8-11(2)18)16-13-9-15(19)17(3)14-7-5-4-6-12(13)14/h4-7,10-11,13,16,18H,8-9H2,1-3H3. The number of hydrogen-bond acceptors (Lipinski definition) is 3. The van der Waals surface area contributed by atoms with Crippen molar-refractivity contribution in [3.63, 3.8) is 0 Å². The number of amides is 1. The molecule has 1 aromatic rings. The van der Waals surface area contributed by atoms with Crippen LogP contribution in [0, 0.1) is 0 Å². The molecule has 4 heteroatoms. The van der Waals surface area contributed by atoms with Crippen LogP contribution in [0.1, 0.15) is 38.3 Å². The van der Waals surface area contributed by atoms with Gasteiger partial charge in [-0.15, -0.1) is 0 Å². The van der Waals surface area contributed by atoms with E-state index in [4.69, 9.17) is 0 Å². The summed E-state index contributed by atoms with van der Waals surface area (Å²) in [5, 5.41) is 12.9. The molecule has 0 fully saturated rings. The lowest BCUT2D eigenvalue weighted by molar-refractivity contribution is -0.119. The smallest absolute Gasteiger partial charge is 0.228 e. The van der Waals surface area contributed by atoms with Gasteiger partial charge in [-0.05, 0) is 31.9 Å². The molecule has 0 saturated heterocycles. The van der Waals surface area contributed by atoms with Gasteiger partial charge in [-0.2, -0.15) is 0 Å². The molecule has 0 spiro atoms. The number of carbonyl (C=O) groups is 1. The maximum absolute atomic E-state index is 12.0. The van der Waals surface area contributed by atoms with E-state index in [0.717, 1.165) is 11.3 Å². The first-order valence-electron chi connectivity index (χ1n) is 6.78. The largest absolute Gasteiger partial charge is 0.393 e. The highest BCUT2D eigenvalue weighted by molar-refractivity contribution is 5.96. The summed E-state index contributed by atoms with van der Waals surface area (Å²) in [6, 6.07) is 8.19. The minimum Gasteiger partial charge on any atom is -0.393 e. The van der Waals surface area contributed by atoms with Crippen LogP contribution in [0.2, 0.25) is 0 Å². The van der Waals surface area contributed by atoms with E-state index < -0.39 is 0 Å². The Bertz CT molecular complexity index is 459. The van der Waals surface area contributed by atoms with Gasteiger partial charge in [0.2, 0.25) is 5.91 Å². The van der Waals surface area contributed by atoms with Crippen molar-refractivity contribution in [3.05, 3.63) is 29.8 Å². The molecule has 1 aliphatic rings. The Morgan fingerprint density at radius 2 is 2.11 bits per heavy atom. The van der Waals surface area contributed by atoms with Crippen molar-refractivity contribution < 1.29 is 9.90 Å². The predicted octanol–water partition coefficient (Wildman–Crippen LogP) is 1.84. The number of hydrogen-bond donors (Lipinski definition) is 2. The van der Waals surface area contributed by atoms with Gasteiger partial charge in [-0.3, -0.25) is 4.79 Å². The summed E-state index contributed by atoms with van der Waals surface area (Å²) in [5.41, 5.74) is 2.13. The Labute approximate surface area is 114 Å². The first kappa shape index (κ1) is 14.0. The summed E-state index contributed by atoms with van der Waals surface area (Å²) < 4.78 is 0. The van der Waals surface area contributed by atoms with Crippen LogP contribution in [-0.4, -0.2) is 30.2 Å². The van der Waals surface area contributed by atoms with E-state index in [1.54, 1.807) is 11.8 Å². The third kappa shape index (κ3) is 3.14. The van der Waals surface area contributed by atoms with Gasteiger partial charge < -0.3 is 15.3 Å². The normalized spacial score (nSPS) is 22.0. The summed E-state index contributed by atoms with van der Waals surface area (Å²) in [5.74, 6) is 0.125. The Morgan fingerprint density at radius 3 is 2.79 bits per heavy atom. The highest BCUT2D eigenvalue weighted by Crippen LogP contribution is 2.33. The number of rotatable bonds is 4. The van der Waals surface area contributed by atoms with E-state index >= 15 is 0 Å². The third-order valence-corrected chi connectivity index (χ3v) is 3.61. The number of anilines is 1. The van der Waals surface area contributed by atoms with Gasteiger partial charge in [0.05, 0.1) is 6.10 Å². The fraction of sp³-hybridized carbons (Fsp3) is 0.533. The zero-order chi connectivity index (χ0) is 14.0. The van der Waals surface area contributed by atoms with Crippen molar-refractivity contribution in [3.8, 4) is 0 Å². The molecule has 1 aromatic carbocycles. The molecule has 1 aliphatic heterocycles. The monoisotopic (exact) mass is 262 g/mol. The van der Waals surface area contributed by atoms with E-state index in [9.17, 15) is 9.90 Å². The van der Waals surface area contributed by atoms with E-state index in [1.165, 1.54) is 0 Å². The maximum Gasteiger partial charge on any atom is 0.228 e. The molecule has 1 amide bonds. The molecule has 2 N–H and O–H groups in total. The quantitative estimate of drug-likeness (QED) is 0.870. The number of benzene rings is 1. The molecule has 0 aliphatic carbocycles. The van der Waals surface area contributed by atoms with Crippen molar-refractivity contribution in [2.24, 2.45) is 0 Å². The third-order valence-electron chi connectivity index (χ3n) is 3.61. The zero-order valence-corrected chi connectivity index (χ0v) is 11.8. The van der Waals surface area contributed by atoms with Crippen molar-refractivity contribution in [2.75, 3.05) is 11.9 Å². The Hall–Kier alpha value is -1.39. The molecule has 3 unspecified atom stereocenters. The average molecular weight is 262 g/mol. The maximum atomic E-state index is 12.0. The Balaban J connectivity index is 2.18. The lowest BCUT2D eigenvalue weighted by Crippen LogP contribution is -2.41. The number of para-hydroxylation sites is 1. The van der Waals surface area contributed by atoms with E-state index in [-0.39, 0.29) is 24.1 Å². The number of aliphatic hydroxyl groups is 1. The second-order valence-electron chi connectivity index (χ2n) is 5.42. The van der Waals surface area contributed by atoms with Gasteiger partial charge in [0.15, 0.2) is 0 Å². The average Bonchev–Trinajstić information content (AvgIpc) is 2.34. The minimum absolute atomic E-state index is 0.0358. The van der Waals surface area contributed by atoms with Crippen LogP contribution in [0.5, 0.6) is 0 Å². The fourth-order valence-corrected chi connectivity index (χ4v) is 2.72. The molecule has 104 valence electrons. The lowest BCUT2D eigenvalue weighted by atomic mass is 9.95. The molecule has 0 saturated carbocycles. The van der Waals surface area contributed by atoms with Crippen LogP contribution in [0.15, 0.2) is 24.3 Å². The summed E-state index contributed by atoms with van der Waals surface area (Å²) in [6.45, 7) is 3.82. The van der Waals surface area contributed by atoms with Crippen LogP contribution in [0.4, 0.5) is 5.69 Å². The van der Waals surface area contributed by atoms with Crippen LogP contribution in [-0.2, 0) is 4.79 Å². The highest BCUT2D eigenvalue weighted by Gasteiger charge is 2.29. The molecule has 0 radical (unpaired) electrons. The molecule has 3 atom stereocenters. The Morgan fingerprint density at radius 1 is 1.42 bits per heavy atom. The molecule has 1 heterocycles. The van der Waals surface area contributed by atoms with Crippen LogP contribution >= 0.6 is 0 Å². The van der Waals surface area contributed by atoms with Crippen molar-refractivity contribution >= 4 is 11.6 Å².